The van der Waals surface area contributed by atoms with E-state index in [0.29, 0.717) is 5.56 Å². The molecule has 0 aliphatic carbocycles. The van der Waals surface area contributed by atoms with Crippen LogP contribution in [0.15, 0.2) is 60.8 Å². The van der Waals surface area contributed by atoms with Crippen molar-refractivity contribution in [1.29, 1.82) is 0 Å². The Morgan fingerprint density at radius 3 is 2.31 bits per heavy atom. The van der Waals surface area contributed by atoms with Crippen molar-refractivity contribution in [3.63, 3.8) is 0 Å². The number of primary amides is 1. The Balaban J connectivity index is 1.16. The molecular formula is C26H30N4O2. The summed E-state index contributed by atoms with van der Waals surface area (Å²) in [6.07, 6.45) is 5.81. The number of hydrogen-bond donors (Lipinski definition) is 1. The second kappa shape index (κ2) is 10.4. The molecule has 2 N–H and O–H groups in total. The van der Waals surface area contributed by atoms with Crippen molar-refractivity contribution < 1.29 is 9.59 Å². The van der Waals surface area contributed by atoms with Gasteiger partial charge in [-0.3, -0.25) is 19.5 Å². The first-order chi connectivity index (χ1) is 15.6. The molecule has 0 unspecified atom stereocenters. The number of carbonyl (C=O) groups is 2. The zero-order chi connectivity index (χ0) is 22.3. The third-order valence-corrected chi connectivity index (χ3v) is 6.17. The standard InChI is InChI=1S/C26H30N4O2/c27-25(31)23-11-12-24(28-19-23)8-2-1-5-13-29-14-16-30(17-15-29)26(32)22-10-9-20-6-3-4-7-21(20)18-22/h3-4,6-7,9-12,18-19H,1-2,5,8,13-17H2,(H2,27,31). The zero-order valence-corrected chi connectivity index (χ0v) is 18.4. The number of unbranched alkanes of at least 4 members (excludes halogenated alkanes) is 2. The molecule has 1 saturated heterocycles. The molecule has 0 radical (unpaired) electrons. The van der Waals surface area contributed by atoms with Gasteiger partial charge in [0.15, 0.2) is 0 Å². The van der Waals surface area contributed by atoms with Gasteiger partial charge >= 0.3 is 0 Å². The molecule has 0 atom stereocenters. The van der Waals surface area contributed by atoms with Crippen LogP contribution >= 0.6 is 0 Å². The number of pyridine rings is 1. The molecule has 2 heterocycles. The molecule has 2 aromatic carbocycles. The molecular weight excluding hydrogens is 400 g/mol. The van der Waals surface area contributed by atoms with E-state index in [0.717, 1.165) is 80.4 Å². The number of rotatable bonds is 8. The summed E-state index contributed by atoms with van der Waals surface area (Å²) in [5.74, 6) is -0.312. The monoisotopic (exact) mass is 430 g/mol. The van der Waals surface area contributed by atoms with Crippen molar-refractivity contribution in [2.75, 3.05) is 32.7 Å². The van der Waals surface area contributed by atoms with Crippen molar-refractivity contribution in [2.24, 2.45) is 5.73 Å². The van der Waals surface area contributed by atoms with Gasteiger partial charge in [-0.2, -0.15) is 0 Å². The second-order valence-corrected chi connectivity index (χ2v) is 8.41. The summed E-state index contributed by atoms with van der Waals surface area (Å²) in [6, 6.07) is 17.7. The summed E-state index contributed by atoms with van der Waals surface area (Å²) >= 11 is 0. The molecule has 0 spiro atoms. The summed E-state index contributed by atoms with van der Waals surface area (Å²) < 4.78 is 0. The Morgan fingerprint density at radius 2 is 1.59 bits per heavy atom. The van der Waals surface area contributed by atoms with E-state index in [4.69, 9.17) is 5.73 Å². The van der Waals surface area contributed by atoms with Gasteiger partial charge in [0.1, 0.15) is 0 Å². The van der Waals surface area contributed by atoms with Gasteiger partial charge in [0.2, 0.25) is 5.91 Å². The fourth-order valence-corrected chi connectivity index (χ4v) is 4.22. The molecule has 1 aliphatic rings. The summed E-state index contributed by atoms with van der Waals surface area (Å²) in [4.78, 5) is 32.7. The summed E-state index contributed by atoms with van der Waals surface area (Å²) in [5, 5.41) is 2.27. The van der Waals surface area contributed by atoms with E-state index >= 15 is 0 Å². The Morgan fingerprint density at radius 1 is 0.844 bits per heavy atom. The maximum atomic E-state index is 12.9. The average molecular weight is 431 g/mol. The van der Waals surface area contributed by atoms with Crippen LogP contribution < -0.4 is 5.73 Å². The van der Waals surface area contributed by atoms with Gasteiger partial charge in [0.25, 0.3) is 5.91 Å². The van der Waals surface area contributed by atoms with Crippen LogP contribution in [0.3, 0.4) is 0 Å². The molecule has 6 heteroatoms. The van der Waals surface area contributed by atoms with Gasteiger partial charge in [-0.25, -0.2) is 0 Å². The third-order valence-electron chi connectivity index (χ3n) is 6.17. The summed E-state index contributed by atoms with van der Waals surface area (Å²) in [5.41, 5.74) is 7.46. The molecule has 3 aromatic rings. The first-order valence-corrected chi connectivity index (χ1v) is 11.4. The van der Waals surface area contributed by atoms with E-state index in [2.05, 4.69) is 22.0 Å². The minimum Gasteiger partial charge on any atom is -0.366 e. The SMILES string of the molecule is NC(=O)c1ccc(CCCCCN2CCN(C(=O)c3ccc4ccccc4c3)CC2)nc1. The van der Waals surface area contributed by atoms with Gasteiger partial charge in [-0.15, -0.1) is 0 Å². The minimum atomic E-state index is -0.442. The summed E-state index contributed by atoms with van der Waals surface area (Å²) in [7, 11) is 0. The smallest absolute Gasteiger partial charge is 0.253 e. The molecule has 2 amide bonds. The lowest BCUT2D eigenvalue weighted by Crippen LogP contribution is -2.48. The van der Waals surface area contributed by atoms with Crippen LogP contribution in [0.1, 0.15) is 45.7 Å². The van der Waals surface area contributed by atoms with E-state index in [9.17, 15) is 9.59 Å². The number of amides is 2. The van der Waals surface area contributed by atoms with Crippen LogP contribution in [0.2, 0.25) is 0 Å². The first-order valence-electron chi connectivity index (χ1n) is 11.4. The molecule has 166 valence electrons. The third kappa shape index (κ3) is 5.51. The highest BCUT2D eigenvalue weighted by Gasteiger charge is 2.22. The van der Waals surface area contributed by atoms with E-state index < -0.39 is 5.91 Å². The Kier molecular flexibility index (Phi) is 7.12. The van der Waals surface area contributed by atoms with Gasteiger partial charge in [-0.1, -0.05) is 36.8 Å². The Labute approximate surface area is 189 Å². The lowest BCUT2D eigenvalue weighted by molar-refractivity contribution is 0.0635. The maximum Gasteiger partial charge on any atom is 0.253 e. The molecule has 0 bridgehead atoms. The van der Waals surface area contributed by atoms with Crippen LogP contribution in [0.4, 0.5) is 0 Å². The van der Waals surface area contributed by atoms with Gasteiger partial charge in [-0.05, 0) is 60.8 Å². The highest BCUT2D eigenvalue weighted by atomic mass is 16.2. The van der Waals surface area contributed by atoms with E-state index in [1.54, 1.807) is 12.3 Å². The number of fused-ring (bicyclic) bond motifs is 1. The van der Waals surface area contributed by atoms with E-state index in [1.807, 2.05) is 41.3 Å². The number of aryl methyl sites for hydroxylation is 1. The van der Waals surface area contributed by atoms with Crippen molar-refractivity contribution in [3.05, 3.63) is 77.6 Å². The van der Waals surface area contributed by atoms with Crippen molar-refractivity contribution in [1.82, 2.24) is 14.8 Å². The quantitative estimate of drug-likeness (QED) is 0.555. The number of aromatic nitrogens is 1. The predicted octanol–water partition coefficient (Wildman–Crippen LogP) is 3.50. The molecule has 1 fully saturated rings. The fraction of sp³-hybridized carbons (Fsp3) is 0.346. The predicted molar refractivity (Wildman–Crippen MR) is 127 cm³/mol. The second-order valence-electron chi connectivity index (χ2n) is 8.41. The molecule has 1 aromatic heterocycles. The molecule has 4 rings (SSSR count). The van der Waals surface area contributed by atoms with Gasteiger partial charge in [0.05, 0.1) is 5.56 Å². The summed E-state index contributed by atoms with van der Waals surface area (Å²) in [6.45, 7) is 4.47. The Bertz CT molecular complexity index is 1070. The number of piperazine rings is 1. The van der Waals surface area contributed by atoms with Crippen LogP contribution in [-0.4, -0.2) is 59.3 Å². The maximum absolute atomic E-state index is 12.9. The minimum absolute atomic E-state index is 0.130. The van der Waals surface area contributed by atoms with Crippen LogP contribution in [-0.2, 0) is 6.42 Å². The van der Waals surface area contributed by atoms with E-state index in [1.165, 1.54) is 0 Å². The number of nitrogens with two attached hydrogens (primary N) is 1. The van der Waals surface area contributed by atoms with Crippen molar-refractivity contribution in [3.8, 4) is 0 Å². The van der Waals surface area contributed by atoms with Gasteiger partial charge < -0.3 is 10.6 Å². The molecule has 32 heavy (non-hydrogen) atoms. The van der Waals surface area contributed by atoms with Crippen LogP contribution in [0.5, 0.6) is 0 Å². The van der Waals surface area contributed by atoms with Gasteiger partial charge in [0, 0.05) is 43.6 Å². The molecule has 6 nitrogen and oxygen atoms in total. The topological polar surface area (TPSA) is 79.5 Å². The van der Waals surface area contributed by atoms with Crippen molar-refractivity contribution in [2.45, 2.75) is 25.7 Å². The van der Waals surface area contributed by atoms with Crippen LogP contribution in [0, 0.1) is 0 Å². The van der Waals surface area contributed by atoms with Crippen LogP contribution in [0.25, 0.3) is 10.8 Å². The Hall–Kier alpha value is -3.25. The number of nitrogens with zero attached hydrogens (tertiary/aromatic N) is 3. The zero-order valence-electron chi connectivity index (χ0n) is 18.4. The molecule has 1 aliphatic heterocycles. The lowest BCUT2D eigenvalue weighted by atomic mass is 10.1. The molecule has 0 saturated carbocycles. The first kappa shape index (κ1) is 22.0. The number of benzene rings is 2. The highest BCUT2D eigenvalue weighted by Crippen LogP contribution is 2.18. The average Bonchev–Trinajstić information content (AvgIpc) is 2.84. The largest absolute Gasteiger partial charge is 0.366 e. The number of carbonyl (C=O) groups excluding carboxylic acids is 2. The fourth-order valence-electron chi connectivity index (χ4n) is 4.22. The number of hydrogen-bond acceptors (Lipinski definition) is 4. The normalized spacial score (nSPS) is 14.6. The lowest BCUT2D eigenvalue weighted by Gasteiger charge is -2.34. The highest BCUT2D eigenvalue weighted by molar-refractivity contribution is 5.98. The van der Waals surface area contributed by atoms with E-state index in [-0.39, 0.29) is 5.91 Å². The van der Waals surface area contributed by atoms with Crippen molar-refractivity contribution >= 4 is 22.6 Å².